The van der Waals surface area contributed by atoms with Crippen molar-refractivity contribution in [2.75, 3.05) is 18.5 Å². The Morgan fingerprint density at radius 3 is 3.06 bits per heavy atom. The summed E-state index contributed by atoms with van der Waals surface area (Å²) in [4.78, 5) is 18.3. The highest BCUT2D eigenvalue weighted by molar-refractivity contribution is 5.86. The first kappa shape index (κ1) is 10.4. The van der Waals surface area contributed by atoms with Gasteiger partial charge in [0, 0.05) is 6.54 Å². The number of H-pyrrole nitrogens is 1. The number of nitrogens with two attached hydrogens (primary N) is 1. The van der Waals surface area contributed by atoms with Crippen LogP contribution in [0.4, 0.5) is 10.7 Å². The minimum Gasteiger partial charge on any atom is -0.448 e. The van der Waals surface area contributed by atoms with Gasteiger partial charge in [-0.15, -0.1) is 0 Å². The second-order valence-electron chi connectivity index (χ2n) is 3.15. The van der Waals surface area contributed by atoms with Crippen LogP contribution in [0, 0.1) is 0 Å². The summed E-state index contributed by atoms with van der Waals surface area (Å²) < 4.78 is 4.76. The number of carbonyl (C=O) groups is 1. The Hall–Kier alpha value is -2.08. The van der Waals surface area contributed by atoms with Gasteiger partial charge in [0.1, 0.15) is 6.61 Å². The molecule has 0 radical (unpaired) electrons. The summed E-state index contributed by atoms with van der Waals surface area (Å²) in [6.07, 6.45) is -0.565. The van der Waals surface area contributed by atoms with Crippen molar-refractivity contribution >= 4 is 23.1 Å². The summed E-state index contributed by atoms with van der Waals surface area (Å²) >= 11 is 0. The standard InChI is InChI=1S/C10H12N4O2/c11-5-6-16-10(15)14-9-12-7-3-1-2-4-8(7)13-9/h1-4H,5-6,11H2,(H2,12,13,14,15). The molecule has 1 aromatic carbocycles. The zero-order chi connectivity index (χ0) is 11.4. The van der Waals surface area contributed by atoms with E-state index in [4.69, 9.17) is 10.5 Å². The maximum Gasteiger partial charge on any atom is 0.414 e. The highest BCUT2D eigenvalue weighted by atomic mass is 16.5. The number of nitrogens with zero attached hydrogens (tertiary/aromatic N) is 1. The molecule has 2 aromatic rings. The lowest BCUT2D eigenvalue weighted by Gasteiger charge is -2.01. The molecule has 2 rings (SSSR count). The number of fused-ring (bicyclic) bond motifs is 1. The van der Waals surface area contributed by atoms with Crippen LogP contribution in [-0.2, 0) is 4.74 Å². The summed E-state index contributed by atoms with van der Waals surface area (Å²) in [5.74, 6) is 0.364. The van der Waals surface area contributed by atoms with Crippen LogP contribution in [-0.4, -0.2) is 29.2 Å². The topological polar surface area (TPSA) is 93.0 Å². The highest BCUT2D eigenvalue weighted by Crippen LogP contribution is 2.13. The first-order valence-electron chi connectivity index (χ1n) is 4.88. The molecule has 0 spiro atoms. The van der Waals surface area contributed by atoms with Gasteiger partial charge in [0.2, 0.25) is 5.95 Å². The lowest BCUT2D eigenvalue weighted by Crippen LogP contribution is -2.19. The van der Waals surface area contributed by atoms with Crippen molar-refractivity contribution in [1.82, 2.24) is 9.97 Å². The molecule has 0 aliphatic heterocycles. The van der Waals surface area contributed by atoms with Crippen LogP contribution in [0.1, 0.15) is 0 Å². The molecule has 6 nitrogen and oxygen atoms in total. The van der Waals surface area contributed by atoms with E-state index in [-0.39, 0.29) is 6.61 Å². The number of anilines is 1. The van der Waals surface area contributed by atoms with Crippen LogP contribution < -0.4 is 11.1 Å². The summed E-state index contributed by atoms with van der Waals surface area (Å²) in [5, 5.41) is 2.48. The van der Waals surface area contributed by atoms with Crippen LogP contribution >= 0.6 is 0 Å². The molecule has 0 saturated heterocycles. The Labute approximate surface area is 91.8 Å². The summed E-state index contributed by atoms with van der Waals surface area (Å²) in [6, 6.07) is 7.48. The number of hydrogen-bond donors (Lipinski definition) is 3. The van der Waals surface area contributed by atoms with Crippen molar-refractivity contribution in [3.8, 4) is 0 Å². The molecular weight excluding hydrogens is 208 g/mol. The maximum atomic E-state index is 11.2. The van der Waals surface area contributed by atoms with Crippen LogP contribution in [0.2, 0.25) is 0 Å². The van der Waals surface area contributed by atoms with E-state index in [0.29, 0.717) is 12.5 Å². The third-order valence-corrected chi connectivity index (χ3v) is 1.96. The fourth-order valence-electron chi connectivity index (χ4n) is 1.30. The third kappa shape index (κ3) is 2.29. The van der Waals surface area contributed by atoms with Crippen LogP contribution in [0.25, 0.3) is 11.0 Å². The lowest BCUT2D eigenvalue weighted by atomic mass is 10.3. The number of aromatic nitrogens is 2. The number of rotatable bonds is 3. The predicted molar refractivity (Wildman–Crippen MR) is 60.1 cm³/mol. The van der Waals surface area contributed by atoms with E-state index < -0.39 is 6.09 Å². The Morgan fingerprint density at radius 2 is 2.31 bits per heavy atom. The average molecular weight is 220 g/mol. The molecular formula is C10H12N4O2. The molecule has 1 amide bonds. The number of ether oxygens (including phenoxy) is 1. The van der Waals surface area contributed by atoms with Crippen molar-refractivity contribution in [1.29, 1.82) is 0 Å². The molecule has 0 aliphatic carbocycles. The quantitative estimate of drug-likeness (QED) is 0.721. The van der Waals surface area contributed by atoms with Gasteiger partial charge in [-0.25, -0.2) is 9.78 Å². The molecule has 0 bridgehead atoms. The molecule has 1 aromatic heterocycles. The number of nitrogens with one attached hydrogen (secondary N) is 2. The molecule has 4 N–H and O–H groups in total. The Kier molecular flexibility index (Phi) is 3.02. The van der Waals surface area contributed by atoms with Crippen LogP contribution in [0.3, 0.4) is 0 Å². The number of para-hydroxylation sites is 2. The number of imidazole rings is 1. The molecule has 0 unspecified atom stereocenters. The summed E-state index contributed by atoms with van der Waals surface area (Å²) in [7, 11) is 0. The Morgan fingerprint density at radius 1 is 1.50 bits per heavy atom. The summed E-state index contributed by atoms with van der Waals surface area (Å²) in [5.41, 5.74) is 6.85. The minimum absolute atomic E-state index is 0.187. The van der Waals surface area contributed by atoms with E-state index in [1.165, 1.54) is 0 Å². The smallest absolute Gasteiger partial charge is 0.414 e. The molecule has 6 heteroatoms. The summed E-state index contributed by atoms with van der Waals surface area (Å²) in [6.45, 7) is 0.486. The van der Waals surface area contributed by atoms with Gasteiger partial charge in [0.15, 0.2) is 0 Å². The normalized spacial score (nSPS) is 10.3. The van der Waals surface area contributed by atoms with Gasteiger partial charge in [-0.1, -0.05) is 12.1 Å². The van der Waals surface area contributed by atoms with Gasteiger partial charge in [0.05, 0.1) is 11.0 Å². The van der Waals surface area contributed by atoms with Crippen molar-refractivity contribution < 1.29 is 9.53 Å². The fourth-order valence-corrected chi connectivity index (χ4v) is 1.30. The minimum atomic E-state index is -0.565. The van der Waals surface area contributed by atoms with Crippen LogP contribution in [0.5, 0.6) is 0 Å². The maximum absolute atomic E-state index is 11.2. The van der Waals surface area contributed by atoms with Gasteiger partial charge in [-0.3, -0.25) is 5.32 Å². The van der Waals surface area contributed by atoms with Crippen molar-refractivity contribution in [3.63, 3.8) is 0 Å². The zero-order valence-corrected chi connectivity index (χ0v) is 8.56. The van der Waals surface area contributed by atoms with E-state index in [0.717, 1.165) is 11.0 Å². The molecule has 0 atom stereocenters. The number of aromatic amines is 1. The number of hydrogen-bond acceptors (Lipinski definition) is 4. The van der Waals surface area contributed by atoms with E-state index in [9.17, 15) is 4.79 Å². The average Bonchev–Trinajstić information content (AvgIpc) is 2.68. The zero-order valence-electron chi connectivity index (χ0n) is 8.56. The van der Waals surface area contributed by atoms with Crippen molar-refractivity contribution in [3.05, 3.63) is 24.3 Å². The second kappa shape index (κ2) is 4.63. The van der Waals surface area contributed by atoms with Crippen molar-refractivity contribution in [2.24, 2.45) is 5.73 Å². The Bertz CT molecular complexity index is 461. The van der Waals surface area contributed by atoms with Gasteiger partial charge in [-0.05, 0) is 12.1 Å². The van der Waals surface area contributed by atoms with Crippen LogP contribution in [0.15, 0.2) is 24.3 Å². The van der Waals surface area contributed by atoms with Gasteiger partial charge < -0.3 is 15.5 Å². The van der Waals surface area contributed by atoms with E-state index >= 15 is 0 Å². The number of carbonyl (C=O) groups excluding carboxylic acids is 1. The van der Waals surface area contributed by atoms with Gasteiger partial charge in [0.25, 0.3) is 0 Å². The third-order valence-electron chi connectivity index (χ3n) is 1.96. The first-order valence-corrected chi connectivity index (χ1v) is 4.88. The van der Waals surface area contributed by atoms with E-state index in [1.54, 1.807) is 0 Å². The second-order valence-corrected chi connectivity index (χ2v) is 3.15. The van der Waals surface area contributed by atoms with Crippen molar-refractivity contribution in [2.45, 2.75) is 0 Å². The molecule has 84 valence electrons. The lowest BCUT2D eigenvalue weighted by molar-refractivity contribution is 0.165. The van der Waals surface area contributed by atoms with E-state index in [1.807, 2.05) is 24.3 Å². The van der Waals surface area contributed by atoms with E-state index in [2.05, 4.69) is 15.3 Å². The highest BCUT2D eigenvalue weighted by Gasteiger charge is 2.06. The fraction of sp³-hybridized carbons (Fsp3) is 0.200. The predicted octanol–water partition coefficient (Wildman–Crippen LogP) is 1.07. The molecule has 0 fully saturated rings. The monoisotopic (exact) mass is 220 g/mol. The number of benzene rings is 1. The largest absolute Gasteiger partial charge is 0.448 e. The SMILES string of the molecule is NCCOC(=O)Nc1nc2ccccc2[nH]1. The van der Waals surface area contributed by atoms with Gasteiger partial charge in [-0.2, -0.15) is 0 Å². The number of amides is 1. The molecule has 0 aliphatic rings. The molecule has 1 heterocycles. The van der Waals surface area contributed by atoms with Gasteiger partial charge >= 0.3 is 6.09 Å². The molecule has 16 heavy (non-hydrogen) atoms. The molecule has 0 saturated carbocycles. The Balaban J connectivity index is 2.07. The first-order chi connectivity index (χ1) is 7.79.